The van der Waals surface area contributed by atoms with Gasteiger partial charge in [-0.25, -0.2) is 0 Å². The van der Waals surface area contributed by atoms with E-state index >= 15 is 0 Å². The average molecular weight is 1230 g/mol. The van der Waals surface area contributed by atoms with Crippen molar-refractivity contribution in [3.63, 3.8) is 0 Å². The van der Waals surface area contributed by atoms with Crippen LogP contribution in [0.25, 0.3) is 0 Å². The van der Waals surface area contributed by atoms with Crippen LogP contribution in [0.1, 0.15) is 374 Å². The van der Waals surface area contributed by atoms with Crippen LogP contribution in [0.3, 0.4) is 0 Å². The lowest BCUT2D eigenvalue weighted by molar-refractivity contribution is -0.331. The third-order valence-corrected chi connectivity index (χ3v) is 15.9. The van der Waals surface area contributed by atoms with Crippen molar-refractivity contribution in [1.29, 1.82) is 0 Å². The summed E-state index contributed by atoms with van der Waals surface area (Å²) in [6, 6.07) is 0. The smallest absolute Gasteiger partial charge is 0.186 e. The molecule has 2 heterocycles. The summed E-state index contributed by atoms with van der Waals surface area (Å²) in [6.45, 7) is 14.2. The summed E-state index contributed by atoms with van der Waals surface area (Å²) in [6.07, 6.45) is -1.07. The summed E-state index contributed by atoms with van der Waals surface area (Å²) in [5, 5.41) is 76.2. The molecule has 7 fully saturated rings. The quantitative estimate of drug-likeness (QED) is 0.132. The summed E-state index contributed by atoms with van der Waals surface area (Å²) in [4.78, 5) is 0. The Kier molecular flexibility index (Phi) is 151. The molecular weight excluding hydrogens is 1020 g/mol. The molecule has 0 radical (unpaired) electrons. The van der Waals surface area contributed by atoms with Crippen molar-refractivity contribution < 1.29 is 50.0 Å². The van der Waals surface area contributed by atoms with Crippen LogP contribution in [0.5, 0.6) is 0 Å². The van der Waals surface area contributed by atoms with Gasteiger partial charge in [0.25, 0.3) is 0 Å². The van der Waals surface area contributed by atoms with Crippen LogP contribution in [0, 0.1) is 44.8 Å². The van der Waals surface area contributed by atoms with Gasteiger partial charge in [-0.15, -0.1) is 0 Å². The van der Waals surface area contributed by atoms with Crippen molar-refractivity contribution >= 4 is 0 Å². The second kappa shape index (κ2) is 62.2. The minimum Gasteiger partial charge on any atom is -0.394 e. The fraction of sp³-hybridized carbons (Fsp3) is 1.00. The van der Waals surface area contributed by atoms with Gasteiger partial charge in [0.1, 0.15) is 24.4 Å². The van der Waals surface area contributed by atoms with E-state index in [1.807, 2.05) is 0 Å². The van der Waals surface area contributed by atoms with Gasteiger partial charge in [0.05, 0.1) is 42.2 Å². The maximum Gasteiger partial charge on any atom is 0.186 e. The zero-order chi connectivity index (χ0) is 33.6. The van der Waals surface area contributed by atoms with Crippen molar-refractivity contribution in [2.24, 2.45) is 44.8 Å². The van der Waals surface area contributed by atoms with Crippen molar-refractivity contribution in [3.8, 4) is 0 Å². The summed E-state index contributed by atoms with van der Waals surface area (Å²) in [5.74, 6) is 0.0768. The Hall–Kier alpha value is -0.400. The Balaban J connectivity index is -0.0000000268. The molecule has 2 spiro atoms. The predicted octanol–water partition coefficient (Wildman–Crippen LogP) is 25.2. The molecule has 0 aromatic rings. The van der Waals surface area contributed by atoms with Gasteiger partial charge in [-0.3, -0.25) is 0 Å². The lowest BCUT2D eigenvalue weighted by Crippen LogP contribution is -2.64. The first kappa shape index (κ1) is 199. The fourth-order valence-electron chi connectivity index (χ4n) is 13.6. The number of hydrogen-bond donors (Lipinski definition) is 7. The van der Waals surface area contributed by atoms with Crippen LogP contribution in [0.2, 0.25) is 0 Å². The monoisotopic (exact) mass is 1230 g/mol. The standard InChI is InChI=1S/C36H60O10.36CH4/c1-30(2)22(39)8-11-36-17-35(36)13-12-32(5)27(34(7)10-9-23(46-34)31(3,4)43)18(38)15-33(32,6)21(35)14-19(28(30)36)44-29-26(42)25(41)24(40)20(16-37)45-29;;;;;;;;;;;;;;;;;;;;;;;;;;;;;;;;;;;;/h18-29,37-43H,8-17H2,1-7H3;36*1H4/t18-,19-,20?,21?,22-,23?,24?,25?,26?,27?,28?,29?,32+,33-,34+,35?,36?;;;;;;;;;;;;;;;;;;;;;;;;;;;;;;;;;;;;/m0..................................../s1. The molecule has 7 rings (SSSR count). The van der Waals surface area contributed by atoms with E-state index in [0.717, 1.165) is 38.5 Å². The Bertz CT molecular complexity index is 1210. The van der Waals surface area contributed by atoms with Gasteiger partial charge in [-0.1, -0.05) is 295 Å². The molecule has 11 unspecified atom stereocenters. The molecule has 10 nitrogen and oxygen atoms in total. The minimum absolute atomic E-state index is 0. The number of aliphatic hydroxyl groups is 7. The fourth-order valence-corrected chi connectivity index (χ4v) is 13.6. The largest absolute Gasteiger partial charge is 0.394 e. The highest BCUT2D eigenvalue weighted by atomic mass is 16.7. The normalized spacial score (nSPS) is 33.3. The number of aliphatic hydroxyl groups excluding tert-OH is 6. The first-order valence-electron chi connectivity index (χ1n) is 17.9. The van der Waals surface area contributed by atoms with Crippen LogP contribution in [-0.2, 0) is 14.2 Å². The van der Waals surface area contributed by atoms with E-state index in [1.54, 1.807) is 13.8 Å². The lowest BCUT2D eigenvalue weighted by Gasteiger charge is -2.65. The molecule has 0 amide bonds. The van der Waals surface area contributed by atoms with Gasteiger partial charge in [-0.2, -0.15) is 0 Å². The van der Waals surface area contributed by atoms with E-state index in [0.29, 0.717) is 19.3 Å². The van der Waals surface area contributed by atoms with Crippen molar-refractivity contribution in [2.75, 3.05) is 6.61 Å². The molecule has 552 valence electrons. The average Bonchev–Trinajstić information content (AvgIpc) is 3.33. The molecule has 10 heteroatoms. The highest BCUT2D eigenvalue weighted by Gasteiger charge is 2.85. The van der Waals surface area contributed by atoms with Gasteiger partial charge in [0.2, 0.25) is 0 Å². The van der Waals surface area contributed by atoms with Crippen LogP contribution in [-0.4, -0.2) is 109 Å². The van der Waals surface area contributed by atoms with Gasteiger partial charge in [-0.05, 0) is 117 Å². The number of hydrogen-bond acceptors (Lipinski definition) is 10. The molecule has 7 aliphatic rings. The molecule has 0 aromatic carbocycles. The topological polar surface area (TPSA) is 169 Å². The SMILES string of the molecule is C.C.C.C.C.C.C.C.C.C.C.C.C.C.C.C.C.C.C.C.C.C.C.C.C.C.C.C.C.C.C.C.C.C.C.C.CC(C)(O)C1CC[C@](C)(C2[C@@H](O)C[C@@]3(C)C4C[C@H](OC5OC(CO)C(O)C(O)C5O)C5C(C)(C)[C@@H](O)CCC56CC46CC[C@]23C)O1. The molecule has 82 heavy (non-hydrogen) atoms. The molecule has 2 saturated heterocycles. The van der Waals surface area contributed by atoms with Crippen LogP contribution in [0.4, 0.5) is 0 Å². The molecule has 0 aromatic heterocycles. The van der Waals surface area contributed by atoms with E-state index in [2.05, 4.69) is 34.6 Å². The van der Waals surface area contributed by atoms with Crippen LogP contribution >= 0.6 is 0 Å². The number of rotatable bonds is 5. The maximum atomic E-state index is 12.0. The molecule has 7 N–H and O–H groups in total. The molecule has 2 aliphatic heterocycles. The summed E-state index contributed by atoms with van der Waals surface area (Å²) in [5.41, 5.74) is -2.50. The number of ether oxygens (including phenoxy) is 3. The second-order valence-electron chi connectivity index (χ2n) is 18.7. The van der Waals surface area contributed by atoms with Crippen LogP contribution in [0.15, 0.2) is 0 Å². The van der Waals surface area contributed by atoms with E-state index in [-0.39, 0.29) is 313 Å². The summed E-state index contributed by atoms with van der Waals surface area (Å²) >= 11 is 0. The first-order chi connectivity index (χ1) is 21.2. The second-order valence-corrected chi connectivity index (χ2v) is 18.7. The van der Waals surface area contributed by atoms with Crippen molar-refractivity contribution in [2.45, 2.75) is 440 Å². The highest BCUT2D eigenvalue weighted by Crippen LogP contribution is 2.89. The third-order valence-electron chi connectivity index (χ3n) is 15.9. The van der Waals surface area contributed by atoms with E-state index < -0.39 is 72.2 Å². The molecule has 5 saturated carbocycles. The van der Waals surface area contributed by atoms with Gasteiger partial charge >= 0.3 is 0 Å². The molecular formula is C72H204O10. The van der Waals surface area contributed by atoms with Crippen molar-refractivity contribution in [3.05, 3.63) is 0 Å². The van der Waals surface area contributed by atoms with E-state index in [4.69, 9.17) is 14.2 Å². The Labute approximate surface area is 539 Å². The van der Waals surface area contributed by atoms with Gasteiger partial charge in [0.15, 0.2) is 6.29 Å². The summed E-state index contributed by atoms with van der Waals surface area (Å²) < 4.78 is 19.4. The maximum absolute atomic E-state index is 12.0. The van der Waals surface area contributed by atoms with Crippen molar-refractivity contribution in [1.82, 2.24) is 0 Å². The number of fused-ring (bicyclic) bond motifs is 2. The van der Waals surface area contributed by atoms with Gasteiger partial charge < -0.3 is 50.0 Å². The lowest BCUT2D eigenvalue weighted by atomic mass is 9.41. The first-order valence-corrected chi connectivity index (χ1v) is 17.9. The molecule has 0 bridgehead atoms. The molecule has 17 atom stereocenters. The van der Waals surface area contributed by atoms with Gasteiger partial charge in [0, 0.05) is 5.92 Å². The Morgan fingerprint density at radius 2 is 0.854 bits per heavy atom. The Morgan fingerprint density at radius 3 is 1.21 bits per heavy atom. The zero-order valence-electron chi connectivity index (χ0n) is 28.9. The summed E-state index contributed by atoms with van der Waals surface area (Å²) in [7, 11) is 0. The Morgan fingerprint density at radius 1 is 0.463 bits per heavy atom. The van der Waals surface area contributed by atoms with E-state index in [1.165, 1.54) is 0 Å². The zero-order valence-corrected chi connectivity index (χ0v) is 28.9. The predicted molar refractivity (Wildman–Crippen MR) is 409 cm³/mol. The third kappa shape index (κ3) is 26.4. The van der Waals surface area contributed by atoms with Crippen LogP contribution < -0.4 is 0 Å². The minimum atomic E-state index is -1.53. The van der Waals surface area contributed by atoms with E-state index in [9.17, 15) is 35.7 Å². The highest BCUT2D eigenvalue weighted by molar-refractivity contribution is 5.33. The molecule has 5 aliphatic carbocycles.